The first-order chi connectivity index (χ1) is 9.80. The van der Waals surface area contributed by atoms with Gasteiger partial charge in [-0.25, -0.2) is 4.85 Å². The quantitative estimate of drug-likeness (QED) is 0.461. The van der Waals surface area contributed by atoms with Gasteiger partial charge < -0.3 is 9.64 Å². The van der Waals surface area contributed by atoms with Crippen LogP contribution in [0.15, 0.2) is 24.3 Å². The lowest BCUT2D eigenvalue weighted by Crippen LogP contribution is -2.23. The number of hydrogen-bond acceptors (Lipinski definition) is 2. The molecule has 1 rings (SSSR count). The van der Waals surface area contributed by atoms with Crippen LogP contribution in [-0.2, 0) is 0 Å². The molecule has 0 unspecified atom stereocenters. The van der Waals surface area contributed by atoms with Crippen LogP contribution in [0.4, 0.5) is 5.69 Å². The average Bonchev–Trinajstić information content (AvgIpc) is 2.51. The van der Waals surface area contributed by atoms with Crippen LogP contribution in [0.3, 0.4) is 0 Å². The Hall–Kier alpha value is -1.53. The molecule has 0 fully saturated rings. The Bertz CT molecular complexity index is 390. The number of nitrogens with zero attached hydrogens (tertiary/aromatic N) is 2. The third-order valence-electron chi connectivity index (χ3n) is 3.50. The van der Waals surface area contributed by atoms with E-state index >= 15 is 0 Å². The molecular formula is C17H26N2O. The summed E-state index contributed by atoms with van der Waals surface area (Å²) < 4.78 is 5.66. The van der Waals surface area contributed by atoms with Crippen molar-refractivity contribution in [2.75, 3.05) is 26.2 Å². The van der Waals surface area contributed by atoms with Crippen molar-refractivity contribution >= 4 is 5.69 Å². The van der Waals surface area contributed by atoms with E-state index in [4.69, 9.17) is 11.3 Å². The molecule has 0 aliphatic carbocycles. The molecule has 3 nitrogen and oxygen atoms in total. The number of ether oxygens (including phenoxy) is 1. The summed E-state index contributed by atoms with van der Waals surface area (Å²) in [6.45, 7) is 15.6. The second-order valence-electron chi connectivity index (χ2n) is 4.90. The monoisotopic (exact) mass is 274 g/mol. The van der Waals surface area contributed by atoms with E-state index in [1.54, 1.807) is 12.1 Å². The van der Waals surface area contributed by atoms with Crippen LogP contribution in [0.25, 0.3) is 4.85 Å². The topological polar surface area (TPSA) is 16.8 Å². The minimum atomic E-state index is 0.661. The lowest BCUT2D eigenvalue weighted by atomic mass is 10.2. The van der Waals surface area contributed by atoms with Gasteiger partial charge in [0.1, 0.15) is 5.75 Å². The molecule has 20 heavy (non-hydrogen) atoms. The molecule has 0 radical (unpaired) electrons. The molecule has 0 saturated heterocycles. The highest BCUT2D eigenvalue weighted by Crippen LogP contribution is 2.18. The first-order valence-electron chi connectivity index (χ1n) is 7.62. The molecule has 0 spiro atoms. The lowest BCUT2D eigenvalue weighted by Gasteiger charge is -2.17. The highest BCUT2D eigenvalue weighted by Gasteiger charge is 1.98. The van der Waals surface area contributed by atoms with Gasteiger partial charge in [-0.15, -0.1) is 0 Å². The van der Waals surface area contributed by atoms with E-state index in [9.17, 15) is 0 Å². The van der Waals surface area contributed by atoms with Gasteiger partial charge in [-0.05, 0) is 44.6 Å². The predicted octanol–water partition coefficient (Wildman–Crippen LogP) is 4.52. The molecule has 0 saturated carbocycles. The van der Waals surface area contributed by atoms with Crippen LogP contribution < -0.4 is 4.74 Å². The van der Waals surface area contributed by atoms with E-state index in [1.807, 2.05) is 12.1 Å². The van der Waals surface area contributed by atoms with Crippen LogP contribution in [0.2, 0.25) is 0 Å². The third kappa shape index (κ3) is 6.58. The fourth-order valence-corrected chi connectivity index (χ4v) is 2.14. The molecule has 0 heterocycles. The summed E-state index contributed by atoms with van der Waals surface area (Å²) in [6, 6.07) is 7.33. The normalized spacial score (nSPS) is 10.5. The van der Waals surface area contributed by atoms with E-state index in [2.05, 4.69) is 23.6 Å². The van der Waals surface area contributed by atoms with Gasteiger partial charge in [0.2, 0.25) is 0 Å². The number of unbranched alkanes of at least 4 members (excludes halogenated alkanes) is 3. The maximum absolute atomic E-state index is 6.89. The molecule has 0 N–H and O–H groups in total. The highest BCUT2D eigenvalue weighted by molar-refractivity contribution is 5.46. The van der Waals surface area contributed by atoms with E-state index in [0.29, 0.717) is 5.69 Å². The summed E-state index contributed by atoms with van der Waals surface area (Å²) in [4.78, 5) is 5.83. The van der Waals surface area contributed by atoms with Gasteiger partial charge in [-0.3, -0.25) is 0 Å². The Kier molecular flexibility index (Phi) is 8.49. The predicted molar refractivity (Wildman–Crippen MR) is 84.5 cm³/mol. The summed E-state index contributed by atoms with van der Waals surface area (Å²) in [7, 11) is 0. The van der Waals surface area contributed by atoms with Gasteiger partial charge in [-0.2, -0.15) is 0 Å². The molecule has 110 valence electrons. The van der Waals surface area contributed by atoms with Crippen molar-refractivity contribution in [3.05, 3.63) is 35.7 Å². The molecule has 3 heteroatoms. The second-order valence-corrected chi connectivity index (χ2v) is 4.90. The Morgan fingerprint density at radius 1 is 1.00 bits per heavy atom. The molecule has 0 amide bonds. The zero-order chi connectivity index (χ0) is 14.6. The van der Waals surface area contributed by atoms with E-state index < -0.39 is 0 Å². The summed E-state index contributed by atoms with van der Waals surface area (Å²) in [6.07, 6.45) is 4.88. The van der Waals surface area contributed by atoms with Crippen molar-refractivity contribution in [2.45, 2.75) is 39.5 Å². The van der Waals surface area contributed by atoms with E-state index in [-0.39, 0.29) is 0 Å². The van der Waals surface area contributed by atoms with Crippen molar-refractivity contribution in [3.8, 4) is 5.75 Å². The maximum Gasteiger partial charge on any atom is 0.187 e. The van der Waals surface area contributed by atoms with Gasteiger partial charge in [-0.1, -0.05) is 38.8 Å². The molecular weight excluding hydrogens is 248 g/mol. The Morgan fingerprint density at radius 3 is 2.25 bits per heavy atom. The van der Waals surface area contributed by atoms with Crippen LogP contribution in [0.1, 0.15) is 39.5 Å². The van der Waals surface area contributed by atoms with Gasteiger partial charge in [0.15, 0.2) is 5.69 Å². The van der Waals surface area contributed by atoms with E-state index in [0.717, 1.165) is 31.9 Å². The Labute approximate surface area is 123 Å². The largest absolute Gasteiger partial charge is 0.494 e. The Morgan fingerprint density at radius 2 is 1.65 bits per heavy atom. The zero-order valence-corrected chi connectivity index (χ0v) is 12.8. The second kappa shape index (κ2) is 10.3. The molecule has 0 aromatic heterocycles. The maximum atomic E-state index is 6.89. The number of benzene rings is 1. The summed E-state index contributed by atoms with van der Waals surface area (Å²) in [5.41, 5.74) is 0.661. The van der Waals surface area contributed by atoms with Crippen LogP contribution in [0.5, 0.6) is 5.75 Å². The van der Waals surface area contributed by atoms with Crippen LogP contribution >= 0.6 is 0 Å². The summed E-state index contributed by atoms with van der Waals surface area (Å²) >= 11 is 0. The van der Waals surface area contributed by atoms with Crippen molar-refractivity contribution in [3.63, 3.8) is 0 Å². The van der Waals surface area contributed by atoms with Gasteiger partial charge >= 0.3 is 0 Å². The number of hydrogen-bond donors (Lipinski definition) is 0. The lowest BCUT2D eigenvalue weighted by molar-refractivity contribution is 0.284. The average molecular weight is 274 g/mol. The fourth-order valence-electron chi connectivity index (χ4n) is 2.14. The molecule has 1 aromatic rings. The van der Waals surface area contributed by atoms with Crippen molar-refractivity contribution < 1.29 is 4.74 Å². The van der Waals surface area contributed by atoms with Gasteiger partial charge in [0.05, 0.1) is 13.2 Å². The minimum Gasteiger partial charge on any atom is -0.494 e. The Balaban J connectivity index is 2.03. The zero-order valence-electron chi connectivity index (χ0n) is 12.8. The molecule has 0 aliphatic heterocycles. The summed E-state index contributed by atoms with van der Waals surface area (Å²) in [5.74, 6) is 0.862. The highest BCUT2D eigenvalue weighted by atomic mass is 16.5. The van der Waals surface area contributed by atoms with Gasteiger partial charge in [0.25, 0.3) is 0 Å². The van der Waals surface area contributed by atoms with Crippen molar-refractivity contribution in [2.24, 2.45) is 0 Å². The third-order valence-corrected chi connectivity index (χ3v) is 3.50. The fraction of sp³-hybridized carbons (Fsp3) is 0.588. The standard InChI is InChI=1S/C17H26N2O/c1-4-19(5-2)14-8-6-7-9-15-20-17-12-10-16(18-3)11-13-17/h10-13H,4-9,14-15H2,1-2H3. The SMILES string of the molecule is [C-]#[N+]c1ccc(OCCCCCCN(CC)CC)cc1. The summed E-state index contributed by atoms with van der Waals surface area (Å²) in [5, 5.41) is 0. The van der Waals surface area contributed by atoms with Crippen LogP contribution in [-0.4, -0.2) is 31.1 Å². The molecule has 0 aliphatic rings. The van der Waals surface area contributed by atoms with Crippen molar-refractivity contribution in [1.82, 2.24) is 4.90 Å². The van der Waals surface area contributed by atoms with Gasteiger partial charge in [0, 0.05) is 0 Å². The molecule has 1 aromatic carbocycles. The van der Waals surface area contributed by atoms with E-state index in [1.165, 1.54) is 25.8 Å². The minimum absolute atomic E-state index is 0.661. The molecule has 0 atom stereocenters. The van der Waals surface area contributed by atoms with Crippen molar-refractivity contribution in [1.29, 1.82) is 0 Å². The smallest absolute Gasteiger partial charge is 0.187 e. The number of rotatable bonds is 10. The first-order valence-corrected chi connectivity index (χ1v) is 7.62. The molecule has 0 bridgehead atoms. The first kappa shape index (κ1) is 16.5. The van der Waals surface area contributed by atoms with Crippen LogP contribution in [0, 0.1) is 6.57 Å².